The number of benzene rings is 2. The third kappa shape index (κ3) is 5.04. The van der Waals surface area contributed by atoms with Crippen molar-refractivity contribution in [3.8, 4) is 0 Å². The van der Waals surface area contributed by atoms with E-state index in [9.17, 15) is 13.2 Å². The molecule has 2 aliphatic rings. The maximum Gasteiger partial charge on any atom is 0.251 e. The summed E-state index contributed by atoms with van der Waals surface area (Å²) in [5.74, 6) is -0.256. The Balaban J connectivity index is 1.46. The molecule has 6 nitrogen and oxygen atoms in total. The fraction of sp³-hybridized carbons (Fsp3) is 0.409. The van der Waals surface area contributed by atoms with Crippen LogP contribution in [0.2, 0.25) is 0 Å². The van der Waals surface area contributed by atoms with Gasteiger partial charge in [-0.15, -0.1) is 0 Å². The second-order valence-corrected chi connectivity index (χ2v) is 9.52. The summed E-state index contributed by atoms with van der Waals surface area (Å²) in [4.78, 5) is 15.3. The molecule has 154 valence electrons. The van der Waals surface area contributed by atoms with Crippen LogP contribution in [0.25, 0.3) is 0 Å². The van der Waals surface area contributed by atoms with E-state index >= 15 is 0 Å². The topological polar surface area (TPSA) is 78.5 Å². The number of hydrogen-bond donors (Lipinski definition) is 2. The molecule has 1 aliphatic carbocycles. The van der Waals surface area contributed by atoms with Gasteiger partial charge in [-0.25, -0.2) is 13.1 Å². The summed E-state index contributed by atoms with van der Waals surface area (Å²) >= 11 is 0. The first-order valence-corrected chi connectivity index (χ1v) is 11.7. The molecular formula is C22H27N3O3S. The molecule has 0 radical (unpaired) electrons. The van der Waals surface area contributed by atoms with E-state index in [1.165, 1.54) is 30.5 Å². The number of amides is 1. The van der Waals surface area contributed by atoms with Crippen LogP contribution in [0.1, 0.15) is 47.6 Å². The maximum absolute atomic E-state index is 12.8. The van der Waals surface area contributed by atoms with E-state index in [2.05, 4.69) is 27.1 Å². The SMILES string of the molecule is O=C(NCC(c1ccccc1)N1CCCC1)c1cccc(S(=O)(=O)NC2CC2)c1. The van der Waals surface area contributed by atoms with Crippen LogP contribution < -0.4 is 10.0 Å². The number of sulfonamides is 1. The second-order valence-electron chi connectivity index (χ2n) is 7.80. The lowest BCUT2D eigenvalue weighted by atomic mass is 10.1. The lowest BCUT2D eigenvalue weighted by Gasteiger charge is -2.28. The normalized spacial score (nSPS) is 18.5. The highest BCUT2D eigenvalue weighted by Crippen LogP contribution is 2.25. The zero-order chi connectivity index (χ0) is 20.3. The summed E-state index contributed by atoms with van der Waals surface area (Å²) in [6, 6.07) is 16.6. The first-order chi connectivity index (χ1) is 14.0. The predicted molar refractivity (Wildman–Crippen MR) is 112 cm³/mol. The van der Waals surface area contributed by atoms with Gasteiger partial charge >= 0.3 is 0 Å². The zero-order valence-corrected chi connectivity index (χ0v) is 17.2. The van der Waals surface area contributed by atoms with Crippen LogP contribution in [-0.4, -0.2) is 44.9 Å². The van der Waals surface area contributed by atoms with Crippen molar-refractivity contribution >= 4 is 15.9 Å². The van der Waals surface area contributed by atoms with Crippen LogP contribution in [0.15, 0.2) is 59.5 Å². The lowest BCUT2D eigenvalue weighted by molar-refractivity contribution is 0.0937. The molecule has 0 aromatic heterocycles. The van der Waals surface area contributed by atoms with Gasteiger partial charge < -0.3 is 5.32 Å². The molecule has 7 heteroatoms. The van der Waals surface area contributed by atoms with E-state index in [0.29, 0.717) is 12.1 Å². The molecule has 1 heterocycles. The van der Waals surface area contributed by atoms with Crippen molar-refractivity contribution in [2.45, 2.75) is 42.7 Å². The molecule has 2 aromatic rings. The van der Waals surface area contributed by atoms with Crippen LogP contribution in [0.4, 0.5) is 0 Å². The predicted octanol–water partition coefficient (Wildman–Crippen LogP) is 2.69. The van der Waals surface area contributed by atoms with E-state index in [1.807, 2.05) is 18.2 Å². The minimum atomic E-state index is -3.58. The van der Waals surface area contributed by atoms with Crippen molar-refractivity contribution in [1.82, 2.24) is 14.9 Å². The van der Waals surface area contributed by atoms with E-state index in [-0.39, 0.29) is 22.9 Å². The van der Waals surface area contributed by atoms with Gasteiger partial charge in [0.1, 0.15) is 0 Å². The molecule has 4 rings (SSSR count). The van der Waals surface area contributed by atoms with Gasteiger partial charge in [-0.1, -0.05) is 36.4 Å². The van der Waals surface area contributed by atoms with Crippen molar-refractivity contribution in [1.29, 1.82) is 0 Å². The van der Waals surface area contributed by atoms with Gasteiger partial charge in [0.15, 0.2) is 0 Å². The van der Waals surface area contributed by atoms with Gasteiger partial charge in [0.05, 0.1) is 10.9 Å². The molecule has 1 saturated carbocycles. The zero-order valence-electron chi connectivity index (χ0n) is 16.4. The number of nitrogens with zero attached hydrogens (tertiary/aromatic N) is 1. The third-order valence-corrected chi connectivity index (χ3v) is 7.05. The van der Waals surface area contributed by atoms with E-state index < -0.39 is 10.0 Å². The van der Waals surface area contributed by atoms with Crippen LogP contribution in [0.3, 0.4) is 0 Å². The fourth-order valence-corrected chi connectivity index (χ4v) is 5.12. The Morgan fingerprint density at radius 1 is 1.03 bits per heavy atom. The minimum absolute atomic E-state index is 0.0320. The Labute approximate surface area is 172 Å². The Bertz CT molecular complexity index is 952. The summed E-state index contributed by atoms with van der Waals surface area (Å²) < 4.78 is 27.5. The van der Waals surface area contributed by atoms with E-state index in [4.69, 9.17) is 0 Å². The number of hydrogen-bond acceptors (Lipinski definition) is 4. The molecule has 2 fully saturated rings. The highest BCUT2D eigenvalue weighted by Gasteiger charge is 2.28. The molecule has 2 aromatic carbocycles. The van der Waals surface area contributed by atoms with Gasteiger partial charge in [-0.3, -0.25) is 9.69 Å². The molecule has 1 aliphatic heterocycles. The number of likely N-dealkylation sites (tertiary alicyclic amines) is 1. The molecule has 1 atom stereocenters. The number of rotatable bonds is 8. The highest BCUT2D eigenvalue weighted by molar-refractivity contribution is 7.89. The first-order valence-electron chi connectivity index (χ1n) is 10.2. The Morgan fingerprint density at radius 2 is 1.76 bits per heavy atom. The summed E-state index contributed by atoms with van der Waals surface area (Å²) in [7, 11) is -3.58. The molecular weight excluding hydrogens is 386 g/mol. The number of nitrogens with one attached hydrogen (secondary N) is 2. The molecule has 0 bridgehead atoms. The van der Waals surface area contributed by atoms with Gasteiger partial charge in [-0.2, -0.15) is 0 Å². The average molecular weight is 414 g/mol. The van der Waals surface area contributed by atoms with Gasteiger partial charge in [0, 0.05) is 18.2 Å². The molecule has 1 amide bonds. The van der Waals surface area contributed by atoms with Gasteiger partial charge in [0.2, 0.25) is 10.0 Å². The van der Waals surface area contributed by atoms with Crippen LogP contribution in [0.5, 0.6) is 0 Å². The number of carbonyl (C=O) groups excluding carboxylic acids is 1. The Hall–Kier alpha value is -2.22. The van der Waals surface area contributed by atoms with Crippen molar-refractivity contribution in [2.75, 3.05) is 19.6 Å². The fourth-order valence-electron chi connectivity index (χ4n) is 3.77. The highest BCUT2D eigenvalue weighted by atomic mass is 32.2. The maximum atomic E-state index is 12.8. The standard InChI is InChI=1S/C22H27N3O3S/c26-22(18-9-6-10-20(15-18)29(27,28)24-19-11-12-19)23-16-21(25-13-4-5-14-25)17-7-2-1-3-8-17/h1-3,6-10,15,19,21,24H,4-5,11-14,16H2,(H,23,26). The summed E-state index contributed by atoms with van der Waals surface area (Å²) in [5.41, 5.74) is 1.54. The molecule has 0 spiro atoms. The van der Waals surface area contributed by atoms with Crippen LogP contribution in [0, 0.1) is 0 Å². The van der Waals surface area contributed by atoms with E-state index in [0.717, 1.165) is 25.9 Å². The second kappa shape index (κ2) is 8.65. The van der Waals surface area contributed by atoms with Gasteiger partial charge in [-0.05, 0) is 62.5 Å². The quantitative estimate of drug-likeness (QED) is 0.698. The van der Waals surface area contributed by atoms with Crippen molar-refractivity contribution in [3.63, 3.8) is 0 Å². The number of carbonyl (C=O) groups is 1. The van der Waals surface area contributed by atoms with Crippen LogP contribution in [-0.2, 0) is 10.0 Å². The van der Waals surface area contributed by atoms with Crippen LogP contribution >= 0.6 is 0 Å². The van der Waals surface area contributed by atoms with Crippen molar-refractivity contribution < 1.29 is 13.2 Å². The summed E-state index contributed by atoms with van der Waals surface area (Å²) in [6.45, 7) is 2.53. The molecule has 2 N–H and O–H groups in total. The monoisotopic (exact) mass is 413 g/mol. The van der Waals surface area contributed by atoms with Crippen molar-refractivity contribution in [2.24, 2.45) is 0 Å². The summed E-state index contributed by atoms with van der Waals surface area (Å²) in [6.07, 6.45) is 4.09. The Kier molecular flexibility index (Phi) is 5.99. The van der Waals surface area contributed by atoms with Crippen molar-refractivity contribution in [3.05, 3.63) is 65.7 Å². The Morgan fingerprint density at radius 3 is 2.45 bits per heavy atom. The third-order valence-electron chi connectivity index (χ3n) is 5.53. The minimum Gasteiger partial charge on any atom is -0.350 e. The molecule has 29 heavy (non-hydrogen) atoms. The summed E-state index contributed by atoms with van der Waals surface area (Å²) in [5, 5.41) is 3.01. The smallest absolute Gasteiger partial charge is 0.251 e. The van der Waals surface area contributed by atoms with Gasteiger partial charge in [0.25, 0.3) is 5.91 Å². The lowest BCUT2D eigenvalue weighted by Crippen LogP contribution is -2.36. The van der Waals surface area contributed by atoms with E-state index in [1.54, 1.807) is 12.1 Å². The molecule has 1 saturated heterocycles. The largest absolute Gasteiger partial charge is 0.350 e. The molecule has 1 unspecified atom stereocenters. The first kappa shape index (κ1) is 20.1. The average Bonchev–Trinajstić information content (AvgIpc) is 3.37.